The van der Waals surface area contributed by atoms with Crippen molar-refractivity contribution < 1.29 is 4.74 Å². The van der Waals surface area contributed by atoms with E-state index in [1.165, 1.54) is 0 Å². The molecule has 1 aromatic carbocycles. The number of nitrogen functional groups attached to an aromatic ring is 1. The van der Waals surface area contributed by atoms with Crippen LogP contribution in [0.1, 0.15) is 0 Å². The number of anilines is 1. The number of benzene rings is 1. The van der Waals surface area contributed by atoms with Gasteiger partial charge in [0.2, 0.25) is 0 Å². The SMILES string of the molecule is COc1ccc(-c2cc(N)n(C)n2)cc1Br. The number of halogens is 1. The Morgan fingerprint density at radius 2 is 2.12 bits per heavy atom. The normalized spacial score (nSPS) is 10.4. The van der Waals surface area contributed by atoms with E-state index in [0.29, 0.717) is 5.82 Å². The van der Waals surface area contributed by atoms with Gasteiger partial charge < -0.3 is 10.5 Å². The van der Waals surface area contributed by atoms with Crippen molar-refractivity contribution in [3.05, 3.63) is 28.7 Å². The number of hydrogen-bond donors (Lipinski definition) is 1. The minimum Gasteiger partial charge on any atom is -0.496 e. The van der Waals surface area contributed by atoms with Gasteiger partial charge in [-0.15, -0.1) is 0 Å². The second-order valence-corrected chi connectivity index (χ2v) is 4.28. The molecule has 4 nitrogen and oxygen atoms in total. The fourth-order valence-corrected chi connectivity index (χ4v) is 1.99. The average Bonchev–Trinajstić information content (AvgIpc) is 2.59. The molecule has 0 radical (unpaired) electrons. The first-order chi connectivity index (χ1) is 7.61. The number of hydrogen-bond acceptors (Lipinski definition) is 3. The number of aryl methyl sites for hydroxylation is 1. The summed E-state index contributed by atoms with van der Waals surface area (Å²) in [6, 6.07) is 7.64. The van der Waals surface area contributed by atoms with Crippen LogP contribution in [0.5, 0.6) is 5.75 Å². The lowest BCUT2D eigenvalue weighted by atomic mass is 10.1. The molecule has 0 aliphatic carbocycles. The molecule has 0 bridgehead atoms. The molecule has 2 rings (SSSR count). The summed E-state index contributed by atoms with van der Waals surface area (Å²) >= 11 is 3.44. The largest absolute Gasteiger partial charge is 0.496 e. The maximum atomic E-state index is 5.74. The van der Waals surface area contributed by atoms with Gasteiger partial charge in [0.15, 0.2) is 0 Å². The first-order valence-electron chi connectivity index (χ1n) is 4.75. The minimum atomic E-state index is 0.641. The predicted molar refractivity (Wildman–Crippen MR) is 67.3 cm³/mol. The van der Waals surface area contributed by atoms with Gasteiger partial charge in [0, 0.05) is 18.7 Å². The molecule has 5 heteroatoms. The second-order valence-electron chi connectivity index (χ2n) is 3.43. The van der Waals surface area contributed by atoms with Gasteiger partial charge in [-0.2, -0.15) is 5.10 Å². The van der Waals surface area contributed by atoms with E-state index in [2.05, 4.69) is 21.0 Å². The van der Waals surface area contributed by atoms with Gasteiger partial charge in [0.05, 0.1) is 17.3 Å². The number of methoxy groups -OCH3 is 1. The molecule has 0 saturated carbocycles. The summed E-state index contributed by atoms with van der Waals surface area (Å²) in [5, 5.41) is 4.31. The van der Waals surface area contributed by atoms with Crippen LogP contribution in [-0.4, -0.2) is 16.9 Å². The lowest BCUT2D eigenvalue weighted by Crippen LogP contribution is -1.96. The Kier molecular flexibility index (Phi) is 2.87. The van der Waals surface area contributed by atoms with E-state index in [0.717, 1.165) is 21.5 Å². The molecule has 0 spiro atoms. The number of nitrogens with two attached hydrogens (primary N) is 1. The standard InChI is InChI=1S/C11H12BrN3O/c1-15-11(13)6-9(14-15)7-3-4-10(16-2)8(12)5-7/h3-6H,13H2,1-2H3. The van der Waals surface area contributed by atoms with Gasteiger partial charge in [-0.1, -0.05) is 0 Å². The molecule has 0 unspecified atom stereocenters. The third kappa shape index (κ3) is 1.90. The molecule has 0 aliphatic rings. The van der Waals surface area contributed by atoms with Crippen LogP contribution in [0.3, 0.4) is 0 Å². The minimum absolute atomic E-state index is 0.641. The van der Waals surface area contributed by atoms with E-state index >= 15 is 0 Å². The van der Waals surface area contributed by atoms with Gasteiger partial charge in [-0.3, -0.25) is 4.68 Å². The maximum Gasteiger partial charge on any atom is 0.133 e. The van der Waals surface area contributed by atoms with Crippen molar-refractivity contribution in [2.75, 3.05) is 12.8 Å². The third-order valence-electron chi connectivity index (χ3n) is 2.36. The molecule has 0 aliphatic heterocycles. The Hall–Kier alpha value is -1.49. The van der Waals surface area contributed by atoms with Crippen molar-refractivity contribution in [3.8, 4) is 17.0 Å². The predicted octanol–water partition coefficient (Wildman–Crippen LogP) is 2.44. The van der Waals surface area contributed by atoms with Crippen molar-refractivity contribution >= 4 is 21.7 Å². The summed E-state index contributed by atoms with van der Waals surface area (Å²) in [7, 11) is 3.45. The second kappa shape index (κ2) is 4.17. The van der Waals surface area contributed by atoms with Crippen molar-refractivity contribution in [3.63, 3.8) is 0 Å². The number of nitrogens with zero attached hydrogens (tertiary/aromatic N) is 2. The van der Waals surface area contributed by atoms with Gasteiger partial charge >= 0.3 is 0 Å². The molecule has 1 heterocycles. The Morgan fingerprint density at radius 1 is 1.38 bits per heavy atom. The van der Waals surface area contributed by atoms with Crippen LogP contribution >= 0.6 is 15.9 Å². The first-order valence-corrected chi connectivity index (χ1v) is 5.54. The van der Waals surface area contributed by atoms with E-state index in [-0.39, 0.29) is 0 Å². The molecule has 84 valence electrons. The molecule has 0 atom stereocenters. The monoisotopic (exact) mass is 281 g/mol. The van der Waals surface area contributed by atoms with Crippen LogP contribution in [0.4, 0.5) is 5.82 Å². The smallest absolute Gasteiger partial charge is 0.133 e. The van der Waals surface area contributed by atoms with Crippen molar-refractivity contribution in [2.45, 2.75) is 0 Å². The van der Waals surface area contributed by atoms with Crippen LogP contribution in [0.25, 0.3) is 11.3 Å². The topological polar surface area (TPSA) is 53.1 Å². The van der Waals surface area contributed by atoms with E-state index in [1.807, 2.05) is 31.3 Å². The molecular formula is C11H12BrN3O. The molecule has 0 saturated heterocycles. The lowest BCUT2D eigenvalue weighted by Gasteiger charge is -2.04. The van der Waals surface area contributed by atoms with Crippen LogP contribution < -0.4 is 10.5 Å². The molecule has 0 amide bonds. The Balaban J connectivity index is 2.45. The highest BCUT2D eigenvalue weighted by atomic mass is 79.9. The fraction of sp³-hybridized carbons (Fsp3) is 0.182. The lowest BCUT2D eigenvalue weighted by molar-refractivity contribution is 0.412. The number of aromatic nitrogens is 2. The van der Waals surface area contributed by atoms with Gasteiger partial charge in [0.25, 0.3) is 0 Å². The number of ether oxygens (including phenoxy) is 1. The third-order valence-corrected chi connectivity index (χ3v) is 2.98. The molecule has 1 aromatic heterocycles. The molecule has 16 heavy (non-hydrogen) atoms. The average molecular weight is 282 g/mol. The number of rotatable bonds is 2. The van der Waals surface area contributed by atoms with Crippen LogP contribution in [0.15, 0.2) is 28.7 Å². The summed E-state index contributed by atoms with van der Waals surface area (Å²) in [6.45, 7) is 0. The summed E-state index contributed by atoms with van der Waals surface area (Å²) in [6.07, 6.45) is 0. The van der Waals surface area contributed by atoms with Crippen molar-refractivity contribution in [1.29, 1.82) is 0 Å². The zero-order valence-corrected chi connectivity index (χ0v) is 10.7. The highest BCUT2D eigenvalue weighted by Gasteiger charge is 2.07. The molecular weight excluding hydrogens is 270 g/mol. The van der Waals surface area contributed by atoms with Gasteiger partial charge in [0.1, 0.15) is 11.6 Å². The van der Waals surface area contributed by atoms with Crippen LogP contribution in [0.2, 0.25) is 0 Å². The summed E-state index contributed by atoms with van der Waals surface area (Å²) < 4.78 is 7.71. The van der Waals surface area contributed by atoms with Gasteiger partial charge in [-0.05, 0) is 34.1 Å². The molecule has 0 fully saturated rings. The van der Waals surface area contributed by atoms with Crippen LogP contribution in [-0.2, 0) is 7.05 Å². The zero-order valence-electron chi connectivity index (χ0n) is 9.07. The Labute approximate surface area is 102 Å². The van der Waals surface area contributed by atoms with Crippen molar-refractivity contribution in [1.82, 2.24) is 9.78 Å². The molecule has 2 N–H and O–H groups in total. The maximum absolute atomic E-state index is 5.74. The van der Waals surface area contributed by atoms with Gasteiger partial charge in [-0.25, -0.2) is 0 Å². The van der Waals surface area contributed by atoms with E-state index in [4.69, 9.17) is 10.5 Å². The first kappa shape index (κ1) is 11.0. The van der Waals surface area contributed by atoms with Crippen molar-refractivity contribution in [2.24, 2.45) is 7.05 Å². The highest BCUT2D eigenvalue weighted by Crippen LogP contribution is 2.30. The summed E-state index contributed by atoms with van der Waals surface area (Å²) in [5.74, 6) is 1.44. The summed E-state index contributed by atoms with van der Waals surface area (Å²) in [4.78, 5) is 0. The van der Waals surface area contributed by atoms with E-state index in [1.54, 1.807) is 11.8 Å². The highest BCUT2D eigenvalue weighted by molar-refractivity contribution is 9.10. The fourth-order valence-electron chi connectivity index (χ4n) is 1.45. The van der Waals surface area contributed by atoms with Crippen LogP contribution in [0, 0.1) is 0 Å². The Morgan fingerprint density at radius 3 is 2.62 bits per heavy atom. The summed E-state index contributed by atoms with van der Waals surface area (Å²) in [5.41, 5.74) is 7.59. The zero-order chi connectivity index (χ0) is 11.7. The quantitative estimate of drug-likeness (QED) is 0.920. The van der Waals surface area contributed by atoms with E-state index < -0.39 is 0 Å². The van der Waals surface area contributed by atoms with E-state index in [9.17, 15) is 0 Å². The molecule has 2 aromatic rings. The Bertz CT molecular complexity index is 502.